The molecule has 4 heterocycles. The minimum Gasteiger partial charge on any atom is -0.350 e. The number of thiophene rings is 1. The van der Waals surface area contributed by atoms with Gasteiger partial charge in [-0.1, -0.05) is 24.3 Å². The highest BCUT2D eigenvalue weighted by molar-refractivity contribution is 8.18. The van der Waals surface area contributed by atoms with Gasteiger partial charge in [-0.3, -0.25) is 24.3 Å². The summed E-state index contributed by atoms with van der Waals surface area (Å²) in [5, 5.41) is 7.98. The number of amides is 3. The minimum absolute atomic E-state index is 0.0997. The van der Waals surface area contributed by atoms with Crippen LogP contribution in [0.2, 0.25) is 0 Å². The molecule has 0 aliphatic carbocycles. The molecule has 0 atom stereocenters. The summed E-state index contributed by atoms with van der Waals surface area (Å²) in [7, 11) is 0. The quantitative estimate of drug-likeness (QED) is 0.407. The molecule has 10 heteroatoms. The predicted molar refractivity (Wildman–Crippen MR) is 133 cm³/mol. The first kappa shape index (κ1) is 22.1. The van der Waals surface area contributed by atoms with Crippen molar-refractivity contribution in [2.45, 2.75) is 6.92 Å². The molecule has 3 amide bonds. The fourth-order valence-electron chi connectivity index (χ4n) is 3.58. The van der Waals surface area contributed by atoms with E-state index in [0.717, 1.165) is 43.8 Å². The Bertz CT molecular complexity index is 1430. The molecule has 1 aliphatic rings. The third-order valence-electron chi connectivity index (χ3n) is 5.25. The first-order valence-electron chi connectivity index (χ1n) is 10.5. The lowest BCUT2D eigenvalue weighted by Gasteiger charge is -2.12. The second kappa shape index (κ2) is 9.24. The Morgan fingerprint density at radius 1 is 1.15 bits per heavy atom. The first-order valence-corrected chi connectivity index (χ1v) is 12.1. The lowest BCUT2D eigenvalue weighted by Crippen LogP contribution is -2.37. The zero-order chi connectivity index (χ0) is 23.7. The number of nitrogens with one attached hydrogen (secondary N) is 1. The van der Waals surface area contributed by atoms with Crippen molar-refractivity contribution in [3.63, 3.8) is 0 Å². The Morgan fingerprint density at radius 2 is 1.97 bits per heavy atom. The largest absolute Gasteiger partial charge is 0.350 e. The van der Waals surface area contributed by atoms with Crippen LogP contribution in [0.25, 0.3) is 22.0 Å². The number of aryl methyl sites for hydroxylation is 1. The van der Waals surface area contributed by atoms with Gasteiger partial charge in [0.1, 0.15) is 4.83 Å². The van der Waals surface area contributed by atoms with Gasteiger partial charge in [-0.05, 0) is 54.6 Å². The predicted octanol–water partition coefficient (Wildman–Crippen LogP) is 4.26. The molecule has 0 radical (unpaired) electrons. The van der Waals surface area contributed by atoms with Crippen molar-refractivity contribution in [2.75, 3.05) is 13.1 Å². The van der Waals surface area contributed by atoms with Gasteiger partial charge < -0.3 is 5.32 Å². The molecule has 3 aromatic heterocycles. The maximum Gasteiger partial charge on any atom is 0.293 e. The zero-order valence-electron chi connectivity index (χ0n) is 18.1. The molecular formula is C24H19N5O3S2. The van der Waals surface area contributed by atoms with E-state index in [1.54, 1.807) is 24.5 Å². The number of hydrogen-bond donors (Lipinski definition) is 1. The molecule has 170 valence electrons. The summed E-state index contributed by atoms with van der Waals surface area (Å²) in [6.45, 7) is 2.17. The summed E-state index contributed by atoms with van der Waals surface area (Å²) in [5.41, 5.74) is 2.51. The number of rotatable bonds is 6. The molecule has 1 aliphatic heterocycles. The average Bonchev–Trinajstić information content (AvgIpc) is 3.50. The second-order valence-electron chi connectivity index (χ2n) is 7.54. The second-order valence-corrected chi connectivity index (χ2v) is 9.56. The van der Waals surface area contributed by atoms with E-state index >= 15 is 0 Å². The summed E-state index contributed by atoms with van der Waals surface area (Å²) < 4.78 is 1.83. The monoisotopic (exact) mass is 489 g/mol. The number of thioether (sulfide) groups is 1. The smallest absolute Gasteiger partial charge is 0.293 e. The van der Waals surface area contributed by atoms with E-state index in [9.17, 15) is 14.4 Å². The number of fused-ring (bicyclic) bond motifs is 1. The van der Waals surface area contributed by atoms with Gasteiger partial charge in [0.2, 0.25) is 0 Å². The number of benzene rings is 1. The number of carbonyl (C=O) groups is 3. The molecule has 0 bridgehead atoms. The summed E-state index contributed by atoms with van der Waals surface area (Å²) in [6, 6.07) is 15.1. The number of hydrogen-bond acceptors (Lipinski definition) is 7. The highest BCUT2D eigenvalue weighted by Crippen LogP contribution is 2.32. The Labute approximate surface area is 203 Å². The Hall–Kier alpha value is -3.76. The number of nitrogens with zero attached hydrogens (tertiary/aromatic N) is 4. The molecular weight excluding hydrogens is 470 g/mol. The van der Waals surface area contributed by atoms with Crippen molar-refractivity contribution in [3.8, 4) is 5.69 Å². The summed E-state index contributed by atoms with van der Waals surface area (Å²) in [6.07, 6.45) is 4.91. The van der Waals surface area contributed by atoms with Gasteiger partial charge in [-0.25, -0.2) is 4.68 Å². The molecule has 5 rings (SSSR count). The van der Waals surface area contributed by atoms with Crippen molar-refractivity contribution in [1.82, 2.24) is 25.0 Å². The average molecular weight is 490 g/mol. The third-order valence-corrected chi connectivity index (χ3v) is 7.26. The van der Waals surface area contributed by atoms with Gasteiger partial charge in [-0.15, -0.1) is 11.3 Å². The first-order chi connectivity index (χ1) is 16.5. The van der Waals surface area contributed by atoms with Crippen LogP contribution in [-0.2, 0) is 4.79 Å². The van der Waals surface area contributed by atoms with E-state index in [1.807, 2.05) is 54.1 Å². The van der Waals surface area contributed by atoms with Crippen LogP contribution in [0.5, 0.6) is 0 Å². The molecule has 0 saturated carbocycles. The maximum absolute atomic E-state index is 12.8. The molecule has 8 nitrogen and oxygen atoms in total. The van der Waals surface area contributed by atoms with Crippen LogP contribution in [0.15, 0.2) is 65.8 Å². The molecule has 0 spiro atoms. The van der Waals surface area contributed by atoms with Crippen molar-refractivity contribution >= 4 is 56.4 Å². The van der Waals surface area contributed by atoms with Crippen molar-refractivity contribution < 1.29 is 14.4 Å². The summed E-state index contributed by atoms with van der Waals surface area (Å²) in [5.74, 6) is -0.619. The molecule has 4 aromatic rings. The molecule has 1 saturated heterocycles. The minimum atomic E-state index is -0.367. The van der Waals surface area contributed by atoms with Gasteiger partial charge in [0.15, 0.2) is 0 Å². The molecule has 34 heavy (non-hydrogen) atoms. The van der Waals surface area contributed by atoms with E-state index < -0.39 is 0 Å². The standard InChI is InChI=1S/C24H19N5O3S2/c1-15-18-13-19(33-23(18)29(27-15)17-7-3-2-4-8-17)21(30)26-10-11-28-22(31)20(34-24(28)32)12-16-6-5-9-25-14-16/h2-9,12-14H,10-11H2,1H3,(H,26,30). The van der Waals surface area contributed by atoms with Gasteiger partial charge >= 0.3 is 0 Å². The van der Waals surface area contributed by atoms with Crippen LogP contribution in [0, 0.1) is 6.92 Å². The number of aromatic nitrogens is 3. The number of carbonyl (C=O) groups excluding carboxylic acids is 3. The van der Waals surface area contributed by atoms with Crippen LogP contribution in [0.4, 0.5) is 4.79 Å². The fourth-order valence-corrected chi connectivity index (χ4v) is 5.54. The molecule has 1 aromatic carbocycles. The van der Waals surface area contributed by atoms with Gasteiger partial charge in [0.05, 0.1) is 21.2 Å². The maximum atomic E-state index is 12.8. The van der Waals surface area contributed by atoms with Crippen LogP contribution >= 0.6 is 23.1 Å². The molecule has 1 N–H and O–H groups in total. The Balaban J connectivity index is 1.25. The highest BCUT2D eigenvalue weighted by atomic mass is 32.2. The van der Waals surface area contributed by atoms with Crippen LogP contribution in [-0.4, -0.2) is 49.8 Å². The van der Waals surface area contributed by atoms with Gasteiger partial charge in [0.25, 0.3) is 17.1 Å². The number of imide groups is 1. The van der Waals surface area contributed by atoms with Crippen molar-refractivity contribution in [1.29, 1.82) is 0 Å². The normalized spacial score (nSPS) is 15.0. The van der Waals surface area contributed by atoms with Gasteiger partial charge in [0, 0.05) is 30.9 Å². The van der Waals surface area contributed by atoms with E-state index in [1.165, 1.54) is 11.3 Å². The van der Waals surface area contributed by atoms with Crippen molar-refractivity contribution in [3.05, 3.63) is 82.0 Å². The lowest BCUT2D eigenvalue weighted by molar-refractivity contribution is -0.122. The molecule has 0 unspecified atom stereocenters. The summed E-state index contributed by atoms with van der Waals surface area (Å²) in [4.78, 5) is 44.7. The van der Waals surface area contributed by atoms with Crippen LogP contribution in [0.1, 0.15) is 20.9 Å². The van der Waals surface area contributed by atoms with Gasteiger partial charge in [-0.2, -0.15) is 5.10 Å². The van der Waals surface area contributed by atoms with Crippen molar-refractivity contribution in [2.24, 2.45) is 0 Å². The number of para-hydroxylation sites is 1. The third kappa shape index (κ3) is 4.25. The molecule has 1 fully saturated rings. The van der Waals surface area contributed by atoms with Crippen LogP contribution in [0.3, 0.4) is 0 Å². The van der Waals surface area contributed by atoms with E-state index in [4.69, 9.17) is 0 Å². The highest BCUT2D eigenvalue weighted by Gasteiger charge is 2.34. The zero-order valence-corrected chi connectivity index (χ0v) is 19.7. The van der Waals surface area contributed by atoms with E-state index in [-0.39, 0.29) is 30.1 Å². The topological polar surface area (TPSA) is 97.2 Å². The number of pyridine rings is 1. The summed E-state index contributed by atoms with van der Waals surface area (Å²) >= 11 is 2.24. The Morgan fingerprint density at radius 3 is 2.74 bits per heavy atom. The van der Waals surface area contributed by atoms with Crippen LogP contribution < -0.4 is 5.32 Å². The lowest BCUT2D eigenvalue weighted by atomic mass is 10.2. The SMILES string of the molecule is Cc1nn(-c2ccccc2)c2sc(C(=O)NCCN3C(=O)SC(=Cc4cccnc4)C3=O)cc12. The Kier molecular flexibility index (Phi) is 5.99. The van der Waals surface area contributed by atoms with E-state index in [2.05, 4.69) is 15.4 Å². The fraction of sp³-hybridized carbons (Fsp3) is 0.125. The van der Waals surface area contributed by atoms with E-state index in [0.29, 0.717) is 9.78 Å².